The largest absolute Gasteiger partial charge is 0.399 e. The van der Waals surface area contributed by atoms with Gasteiger partial charge in [0.05, 0.1) is 11.6 Å². The molecule has 0 radical (unpaired) electrons. The number of hydrogen-bond donors (Lipinski definition) is 2. The number of halogens is 1. The second-order valence-electron chi connectivity index (χ2n) is 3.94. The molecule has 1 aliphatic rings. The van der Waals surface area contributed by atoms with Crippen LogP contribution in [0.4, 0.5) is 0 Å². The molecule has 3 N–H and O–H groups in total. The van der Waals surface area contributed by atoms with Crippen LogP contribution >= 0.6 is 11.6 Å². The number of carbonyl (C=O) groups is 1. The zero-order valence-electron chi connectivity index (χ0n) is 9.59. The maximum Gasteiger partial charge on any atom is 0.253 e. The van der Waals surface area contributed by atoms with Crippen molar-refractivity contribution in [3.8, 4) is 6.07 Å². The molecular weight excluding hydrogens is 238 g/mol. The lowest BCUT2D eigenvalue weighted by atomic mass is 10.1. The molecule has 1 fully saturated rings. The number of hydrogen-bond acceptors (Lipinski definition) is 3. The first-order chi connectivity index (χ1) is 7.94. The molecule has 5 heteroatoms. The molecule has 0 aromatic heterocycles. The van der Waals surface area contributed by atoms with Gasteiger partial charge >= 0.3 is 0 Å². The highest BCUT2D eigenvalue weighted by molar-refractivity contribution is 6.32. The van der Waals surface area contributed by atoms with Crippen molar-refractivity contribution in [3.05, 3.63) is 35.0 Å². The quantitative estimate of drug-likeness (QED) is 0.590. The monoisotopic (exact) mass is 251 g/mol. The average Bonchev–Trinajstić information content (AvgIpc) is 3.05. The summed E-state index contributed by atoms with van der Waals surface area (Å²) in [6.45, 7) is 5.08. The van der Waals surface area contributed by atoms with Gasteiger partial charge in [0.2, 0.25) is 0 Å². The fourth-order valence-corrected chi connectivity index (χ4v) is 1.36. The molecule has 1 saturated carbocycles. The van der Waals surface area contributed by atoms with Crippen LogP contribution in [0.1, 0.15) is 19.8 Å². The highest BCUT2D eigenvalue weighted by Crippen LogP contribution is 2.34. The van der Waals surface area contributed by atoms with Gasteiger partial charge in [0.1, 0.15) is 5.54 Å². The number of nitrogens with one attached hydrogen (secondary N) is 1. The maximum absolute atomic E-state index is 11.9. The molecule has 1 rings (SSSR count). The van der Waals surface area contributed by atoms with E-state index >= 15 is 0 Å². The molecule has 17 heavy (non-hydrogen) atoms. The summed E-state index contributed by atoms with van der Waals surface area (Å²) in [5, 5.41) is 11.9. The number of nitrogens with zero attached hydrogens (tertiary/aromatic N) is 1. The van der Waals surface area contributed by atoms with Crippen molar-refractivity contribution in [3.63, 3.8) is 0 Å². The van der Waals surface area contributed by atoms with E-state index in [9.17, 15) is 4.79 Å². The van der Waals surface area contributed by atoms with Gasteiger partial charge < -0.3 is 11.1 Å². The summed E-state index contributed by atoms with van der Waals surface area (Å²) in [5.41, 5.74) is 5.45. The molecule has 0 saturated heterocycles. The number of nitrogens with two attached hydrogens (primary N) is 1. The molecule has 0 spiro atoms. The Kier molecular flexibility index (Phi) is 3.97. The number of allylic oxidation sites excluding steroid dienone is 2. The van der Waals surface area contributed by atoms with Gasteiger partial charge in [-0.1, -0.05) is 18.2 Å². The third-order valence-electron chi connectivity index (χ3n) is 2.48. The minimum Gasteiger partial charge on any atom is -0.399 e. The smallest absolute Gasteiger partial charge is 0.253 e. The van der Waals surface area contributed by atoms with E-state index in [2.05, 4.69) is 18.0 Å². The van der Waals surface area contributed by atoms with E-state index < -0.39 is 5.54 Å². The van der Waals surface area contributed by atoms with E-state index in [1.54, 1.807) is 6.92 Å². The van der Waals surface area contributed by atoms with Crippen LogP contribution in [0.2, 0.25) is 0 Å². The van der Waals surface area contributed by atoms with Crippen molar-refractivity contribution in [2.75, 3.05) is 0 Å². The zero-order valence-corrected chi connectivity index (χ0v) is 10.3. The van der Waals surface area contributed by atoms with Gasteiger partial charge in [-0.25, -0.2) is 0 Å². The Labute approximate surface area is 105 Å². The van der Waals surface area contributed by atoms with Crippen molar-refractivity contribution < 1.29 is 4.79 Å². The Bertz CT molecular complexity index is 449. The normalized spacial score (nSPS) is 18.8. The Morgan fingerprint density at radius 1 is 1.65 bits per heavy atom. The van der Waals surface area contributed by atoms with Gasteiger partial charge in [0, 0.05) is 10.7 Å². The van der Waals surface area contributed by atoms with Crippen LogP contribution in [0.15, 0.2) is 35.0 Å². The highest BCUT2D eigenvalue weighted by Gasteiger charge is 2.44. The lowest BCUT2D eigenvalue weighted by molar-refractivity contribution is -0.117. The summed E-state index contributed by atoms with van der Waals surface area (Å²) in [6, 6.07) is 2.07. The Morgan fingerprint density at radius 3 is 2.59 bits per heavy atom. The van der Waals surface area contributed by atoms with Crippen molar-refractivity contribution >= 4 is 17.5 Å². The first kappa shape index (κ1) is 13.3. The SMILES string of the molecule is C=C/C(N)=C\C(C(=O)NC1(C#N)CC1)=C(/C)Cl. The molecule has 0 aromatic carbocycles. The maximum atomic E-state index is 11.9. The van der Waals surface area contributed by atoms with Crippen molar-refractivity contribution in [2.24, 2.45) is 5.73 Å². The topological polar surface area (TPSA) is 78.9 Å². The molecule has 1 amide bonds. The molecule has 1 aliphatic carbocycles. The second kappa shape index (κ2) is 5.07. The molecule has 90 valence electrons. The van der Waals surface area contributed by atoms with E-state index in [1.165, 1.54) is 12.2 Å². The van der Waals surface area contributed by atoms with Crippen molar-refractivity contribution in [1.82, 2.24) is 5.32 Å². The summed E-state index contributed by atoms with van der Waals surface area (Å²) < 4.78 is 0. The van der Waals surface area contributed by atoms with Crippen LogP contribution in [-0.4, -0.2) is 11.4 Å². The van der Waals surface area contributed by atoms with Gasteiger partial charge in [-0.15, -0.1) is 0 Å². The van der Waals surface area contributed by atoms with Crippen LogP contribution < -0.4 is 11.1 Å². The molecule has 0 aromatic rings. The summed E-state index contributed by atoms with van der Waals surface area (Å²) >= 11 is 5.83. The molecule has 0 atom stereocenters. The predicted octanol–water partition coefficient (Wildman–Crippen LogP) is 1.70. The molecule has 4 nitrogen and oxygen atoms in total. The fraction of sp³-hybridized carbons (Fsp3) is 0.333. The number of amides is 1. The second-order valence-corrected chi connectivity index (χ2v) is 4.51. The van der Waals surface area contributed by atoms with Crippen LogP contribution in [0.25, 0.3) is 0 Å². The van der Waals surface area contributed by atoms with E-state index in [1.807, 2.05) is 0 Å². The Hall–Kier alpha value is -1.73. The zero-order chi connectivity index (χ0) is 13.1. The van der Waals surface area contributed by atoms with E-state index in [4.69, 9.17) is 22.6 Å². The first-order valence-electron chi connectivity index (χ1n) is 5.14. The van der Waals surface area contributed by atoms with E-state index in [0.29, 0.717) is 23.6 Å². The van der Waals surface area contributed by atoms with Gasteiger partial charge in [0.15, 0.2) is 0 Å². The lowest BCUT2D eigenvalue weighted by Crippen LogP contribution is -2.36. The molecule has 0 bridgehead atoms. The summed E-state index contributed by atoms with van der Waals surface area (Å²) in [6.07, 6.45) is 4.21. The minimum atomic E-state index is -0.717. The molecule has 0 unspecified atom stereocenters. The van der Waals surface area contributed by atoms with Gasteiger partial charge in [-0.05, 0) is 31.9 Å². The van der Waals surface area contributed by atoms with Gasteiger partial charge in [0.25, 0.3) is 5.91 Å². The van der Waals surface area contributed by atoms with Crippen molar-refractivity contribution in [1.29, 1.82) is 5.26 Å². The summed E-state index contributed by atoms with van der Waals surface area (Å²) in [4.78, 5) is 11.9. The third-order valence-corrected chi connectivity index (χ3v) is 2.68. The first-order valence-corrected chi connectivity index (χ1v) is 5.51. The summed E-state index contributed by atoms with van der Waals surface area (Å²) in [7, 11) is 0. The minimum absolute atomic E-state index is 0.255. The number of rotatable bonds is 4. The Morgan fingerprint density at radius 2 is 2.24 bits per heavy atom. The van der Waals surface area contributed by atoms with Gasteiger partial charge in [-0.2, -0.15) is 5.26 Å². The lowest BCUT2D eigenvalue weighted by Gasteiger charge is -2.10. The predicted molar refractivity (Wildman–Crippen MR) is 66.7 cm³/mol. The summed E-state index contributed by atoms with van der Waals surface area (Å²) in [5.74, 6) is -0.388. The number of carbonyl (C=O) groups excluding carboxylic acids is 1. The molecule has 0 heterocycles. The van der Waals surface area contributed by atoms with E-state index in [-0.39, 0.29) is 11.5 Å². The van der Waals surface area contributed by atoms with Crippen LogP contribution in [-0.2, 0) is 4.79 Å². The Balaban J connectivity index is 2.88. The van der Waals surface area contributed by atoms with Crippen LogP contribution in [0.3, 0.4) is 0 Å². The number of nitriles is 1. The van der Waals surface area contributed by atoms with Gasteiger partial charge in [-0.3, -0.25) is 4.79 Å². The highest BCUT2D eigenvalue weighted by atomic mass is 35.5. The average molecular weight is 252 g/mol. The molecular formula is C12H14ClN3O. The van der Waals surface area contributed by atoms with Crippen LogP contribution in [0, 0.1) is 11.3 Å². The van der Waals surface area contributed by atoms with Crippen molar-refractivity contribution in [2.45, 2.75) is 25.3 Å². The van der Waals surface area contributed by atoms with Crippen LogP contribution in [0.5, 0.6) is 0 Å². The third kappa shape index (κ3) is 3.36. The fourth-order valence-electron chi connectivity index (χ4n) is 1.22. The molecule has 0 aliphatic heterocycles. The van der Waals surface area contributed by atoms with E-state index in [0.717, 1.165) is 0 Å². The standard InChI is InChI=1S/C12H14ClN3O/c1-3-9(15)6-10(8(2)13)11(17)16-12(7-14)4-5-12/h3,6H,1,4-5,15H2,2H3,(H,16,17)/b9-6+,10-8-.